The van der Waals surface area contributed by atoms with E-state index >= 15 is 0 Å². The molecule has 1 aliphatic rings. The van der Waals surface area contributed by atoms with Gasteiger partial charge in [0.25, 0.3) is 5.91 Å². The molecule has 2 amide bonds. The first-order chi connectivity index (χ1) is 9.16. The van der Waals surface area contributed by atoms with E-state index in [9.17, 15) is 9.59 Å². The Balaban J connectivity index is 2.04. The molecular weight excluding hydrogens is 244 g/mol. The van der Waals surface area contributed by atoms with E-state index in [2.05, 4.69) is 10.4 Å². The minimum atomic E-state index is -0.234. The number of anilines is 2. The van der Waals surface area contributed by atoms with Gasteiger partial charge in [0.15, 0.2) is 0 Å². The molecule has 0 saturated carbocycles. The minimum Gasteiger partial charge on any atom is -0.323 e. The van der Waals surface area contributed by atoms with Crippen molar-refractivity contribution >= 4 is 23.2 Å². The fraction of sp³-hybridized carbons (Fsp3) is 0.154. The molecule has 0 atom stereocenters. The number of nitrogens with zero attached hydrogens (tertiary/aromatic N) is 3. The molecule has 1 aromatic heterocycles. The fourth-order valence-electron chi connectivity index (χ4n) is 2.14. The first-order valence-electron chi connectivity index (χ1n) is 5.85. The maximum Gasteiger partial charge on any atom is 0.277 e. The average molecular weight is 256 g/mol. The number of amides is 2. The van der Waals surface area contributed by atoms with Crippen LogP contribution < -0.4 is 10.2 Å². The van der Waals surface area contributed by atoms with Gasteiger partial charge in [-0.1, -0.05) is 12.1 Å². The molecule has 0 aliphatic carbocycles. The van der Waals surface area contributed by atoms with Crippen LogP contribution in [0.1, 0.15) is 10.5 Å². The molecule has 0 bridgehead atoms. The third-order valence-electron chi connectivity index (χ3n) is 3.06. The van der Waals surface area contributed by atoms with E-state index < -0.39 is 0 Å². The van der Waals surface area contributed by atoms with Gasteiger partial charge in [-0.25, -0.2) is 0 Å². The van der Waals surface area contributed by atoms with Crippen LogP contribution >= 0.6 is 0 Å². The highest BCUT2D eigenvalue weighted by molar-refractivity contribution is 6.14. The monoisotopic (exact) mass is 256 g/mol. The molecule has 0 unspecified atom stereocenters. The molecule has 6 heteroatoms. The number of hydrogen-bond acceptors (Lipinski definition) is 3. The second-order valence-electron chi connectivity index (χ2n) is 4.30. The van der Waals surface area contributed by atoms with E-state index in [0.717, 1.165) is 0 Å². The molecule has 2 heterocycles. The van der Waals surface area contributed by atoms with Gasteiger partial charge in [-0.15, -0.1) is 0 Å². The first-order valence-corrected chi connectivity index (χ1v) is 5.85. The highest BCUT2D eigenvalue weighted by atomic mass is 16.2. The van der Waals surface area contributed by atoms with Gasteiger partial charge >= 0.3 is 0 Å². The number of para-hydroxylation sites is 2. The van der Waals surface area contributed by atoms with Crippen LogP contribution in [0.5, 0.6) is 0 Å². The Kier molecular flexibility index (Phi) is 2.56. The van der Waals surface area contributed by atoms with Crippen molar-refractivity contribution in [3.05, 3.63) is 42.2 Å². The Morgan fingerprint density at radius 2 is 2.11 bits per heavy atom. The number of benzene rings is 1. The zero-order chi connectivity index (χ0) is 13.4. The molecule has 96 valence electrons. The van der Waals surface area contributed by atoms with Gasteiger partial charge in [0.05, 0.1) is 11.4 Å². The number of aryl methyl sites for hydroxylation is 1. The summed E-state index contributed by atoms with van der Waals surface area (Å²) in [5.74, 6) is -0.434. The summed E-state index contributed by atoms with van der Waals surface area (Å²) in [4.78, 5) is 25.6. The molecule has 1 aliphatic heterocycles. The van der Waals surface area contributed by atoms with Gasteiger partial charge in [0.2, 0.25) is 5.91 Å². The highest BCUT2D eigenvalue weighted by Crippen LogP contribution is 2.29. The molecular formula is C13H12N4O2. The van der Waals surface area contributed by atoms with Crippen LogP contribution in [-0.2, 0) is 11.8 Å². The summed E-state index contributed by atoms with van der Waals surface area (Å²) in [5.41, 5.74) is 1.80. The van der Waals surface area contributed by atoms with Crippen molar-refractivity contribution < 1.29 is 9.59 Å². The largest absolute Gasteiger partial charge is 0.323 e. The molecule has 19 heavy (non-hydrogen) atoms. The summed E-state index contributed by atoms with van der Waals surface area (Å²) in [5, 5.41) is 6.73. The van der Waals surface area contributed by atoms with Crippen molar-refractivity contribution in [2.24, 2.45) is 7.05 Å². The lowest BCUT2D eigenvalue weighted by molar-refractivity contribution is -0.115. The van der Waals surface area contributed by atoms with E-state index in [0.29, 0.717) is 17.1 Å². The molecule has 3 rings (SSSR count). The van der Waals surface area contributed by atoms with Crippen molar-refractivity contribution in [3.8, 4) is 0 Å². The highest BCUT2D eigenvalue weighted by Gasteiger charge is 2.28. The maximum absolute atomic E-state index is 12.5. The van der Waals surface area contributed by atoms with E-state index in [1.54, 1.807) is 25.4 Å². The Morgan fingerprint density at radius 1 is 1.32 bits per heavy atom. The lowest BCUT2D eigenvalue weighted by Crippen LogP contribution is -2.42. The first kappa shape index (κ1) is 11.5. The van der Waals surface area contributed by atoms with Gasteiger partial charge in [0, 0.05) is 13.2 Å². The zero-order valence-corrected chi connectivity index (χ0v) is 10.3. The fourth-order valence-corrected chi connectivity index (χ4v) is 2.14. The molecule has 1 N–H and O–H groups in total. The average Bonchev–Trinajstić information content (AvgIpc) is 2.83. The molecule has 0 radical (unpaired) electrons. The SMILES string of the molecule is Cn1nccc1C(=O)N1CC(=O)Nc2ccccc21. The normalized spacial score (nSPS) is 13.9. The predicted molar refractivity (Wildman–Crippen MR) is 70.0 cm³/mol. The molecule has 0 saturated heterocycles. The van der Waals surface area contributed by atoms with Crippen LogP contribution in [0, 0.1) is 0 Å². The van der Waals surface area contributed by atoms with Gasteiger partial charge in [-0.05, 0) is 18.2 Å². The summed E-state index contributed by atoms with van der Waals surface area (Å²) < 4.78 is 1.50. The van der Waals surface area contributed by atoms with Crippen LogP contribution in [0.15, 0.2) is 36.5 Å². The third-order valence-corrected chi connectivity index (χ3v) is 3.06. The maximum atomic E-state index is 12.5. The standard InChI is InChI=1S/C13H12N4O2/c1-16-11(6-7-14-16)13(19)17-8-12(18)15-9-4-2-3-5-10(9)17/h2-7H,8H2,1H3,(H,15,18). The van der Waals surface area contributed by atoms with E-state index in [-0.39, 0.29) is 18.4 Å². The predicted octanol–water partition coefficient (Wildman–Crippen LogP) is 1.02. The summed E-state index contributed by atoms with van der Waals surface area (Å²) in [6.07, 6.45) is 1.56. The van der Waals surface area contributed by atoms with Crippen LogP contribution in [0.25, 0.3) is 0 Å². The zero-order valence-electron chi connectivity index (χ0n) is 10.3. The lowest BCUT2D eigenvalue weighted by Gasteiger charge is -2.28. The van der Waals surface area contributed by atoms with Crippen LogP contribution in [0.2, 0.25) is 0 Å². The summed E-state index contributed by atoms with van der Waals surface area (Å²) in [6, 6.07) is 8.87. The van der Waals surface area contributed by atoms with Crippen LogP contribution in [0.4, 0.5) is 11.4 Å². The number of carbonyl (C=O) groups is 2. The van der Waals surface area contributed by atoms with Crippen molar-refractivity contribution in [2.45, 2.75) is 0 Å². The molecule has 0 fully saturated rings. The second-order valence-corrected chi connectivity index (χ2v) is 4.30. The van der Waals surface area contributed by atoms with Crippen LogP contribution in [-0.4, -0.2) is 28.1 Å². The smallest absolute Gasteiger partial charge is 0.277 e. The van der Waals surface area contributed by atoms with Gasteiger partial charge < -0.3 is 5.32 Å². The number of nitrogens with one attached hydrogen (secondary N) is 1. The van der Waals surface area contributed by atoms with E-state index in [4.69, 9.17) is 0 Å². The third kappa shape index (κ3) is 1.87. The van der Waals surface area contributed by atoms with E-state index in [1.807, 2.05) is 18.2 Å². The van der Waals surface area contributed by atoms with Crippen LogP contribution in [0.3, 0.4) is 0 Å². The minimum absolute atomic E-state index is 0.0149. The molecule has 0 spiro atoms. The number of carbonyl (C=O) groups excluding carboxylic acids is 2. The molecule has 6 nitrogen and oxygen atoms in total. The Morgan fingerprint density at radius 3 is 2.84 bits per heavy atom. The summed E-state index contributed by atoms with van der Waals surface area (Å²) >= 11 is 0. The number of rotatable bonds is 1. The summed E-state index contributed by atoms with van der Waals surface area (Å²) in [6.45, 7) is 0.0149. The van der Waals surface area contributed by atoms with Crippen molar-refractivity contribution in [3.63, 3.8) is 0 Å². The molecule has 1 aromatic carbocycles. The van der Waals surface area contributed by atoms with Crippen molar-refractivity contribution in [2.75, 3.05) is 16.8 Å². The topological polar surface area (TPSA) is 67.2 Å². The number of hydrogen-bond donors (Lipinski definition) is 1. The lowest BCUT2D eigenvalue weighted by atomic mass is 10.2. The molecule has 2 aromatic rings. The Bertz CT molecular complexity index is 662. The number of aromatic nitrogens is 2. The second kappa shape index (κ2) is 4.24. The van der Waals surface area contributed by atoms with Crippen molar-refractivity contribution in [1.29, 1.82) is 0 Å². The van der Waals surface area contributed by atoms with Gasteiger partial charge in [-0.2, -0.15) is 5.10 Å². The Labute approximate surface area is 109 Å². The van der Waals surface area contributed by atoms with Crippen molar-refractivity contribution in [1.82, 2.24) is 9.78 Å². The quantitative estimate of drug-likeness (QED) is 0.828. The number of fused-ring (bicyclic) bond motifs is 1. The van der Waals surface area contributed by atoms with E-state index in [1.165, 1.54) is 9.58 Å². The Hall–Kier alpha value is -2.63. The van der Waals surface area contributed by atoms with Gasteiger partial charge in [-0.3, -0.25) is 19.2 Å². The summed E-state index contributed by atoms with van der Waals surface area (Å²) in [7, 11) is 1.70. The van der Waals surface area contributed by atoms with Gasteiger partial charge in [0.1, 0.15) is 12.2 Å².